The maximum absolute atomic E-state index is 9.30. The molecule has 1 N–H and O–H groups in total. The number of aryl methyl sites for hydroxylation is 1. The van der Waals surface area contributed by atoms with Crippen molar-refractivity contribution >= 4 is 7.12 Å². The van der Waals surface area contributed by atoms with Gasteiger partial charge in [0.15, 0.2) is 0 Å². The summed E-state index contributed by atoms with van der Waals surface area (Å²) in [5.74, 6) is 0. The molecule has 0 radical (unpaired) electrons. The van der Waals surface area contributed by atoms with Crippen LogP contribution in [0.25, 0.3) is 0 Å². The summed E-state index contributed by atoms with van der Waals surface area (Å²) in [6.07, 6.45) is 6.62. The summed E-state index contributed by atoms with van der Waals surface area (Å²) in [5.41, 5.74) is 1.31. The van der Waals surface area contributed by atoms with Crippen LogP contribution in [0.3, 0.4) is 0 Å². The highest BCUT2D eigenvalue weighted by molar-refractivity contribution is 6.43. The fourth-order valence-electron chi connectivity index (χ4n) is 1.77. The van der Waals surface area contributed by atoms with Gasteiger partial charge in [-0.2, -0.15) is 0 Å². The first kappa shape index (κ1) is 10.5. The predicted octanol–water partition coefficient (Wildman–Crippen LogP) is 2.05. The maximum Gasteiger partial charge on any atom is 0.458 e. The molecule has 1 aliphatic heterocycles. The third-order valence-electron chi connectivity index (χ3n) is 2.58. The Kier molecular flexibility index (Phi) is 3.59. The molecule has 0 saturated heterocycles. The first-order valence-electron chi connectivity index (χ1n) is 5.39. The zero-order valence-electron chi connectivity index (χ0n) is 8.67. The fraction of sp³-hybridized carbons (Fsp3) is 0.333. The first-order chi connectivity index (χ1) is 7.34. The van der Waals surface area contributed by atoms with Gasteiger partial charge in [0.2, 0.25) is 0 Å². The summed E-state index contributed by atoms with van der Waals surface area (Å²) in [4.78, 5) is 0. The summed E-state index contributed by atoms with van der Waals surface area (Å²) >= 11 is 0. The summed E-state index contributed by atoms with van der Waals surface area (Å²) in [6.45, 7) is 0. The number of hydrogen-bond acceptors (Lipinski definition) is 2. The minimum absolute atomic E-state index is 0.0638. The van der Waals surface area contributed by atoms with Crippen LogP contribution in [0.4, 0.5) is 0 Å². The topological polar surface area (TPSA) is 29.5 Å². The van der Waals surface area contributed by atoms with Gasteiger partial charge in [-0.3, -0.25) is 0 Å². The second-order valence-electron chi connectivity index (χ2n) is 3.82. The van der Waals surface area contributed by atoms with Crippen LogP contribution in [0, 0.1) is 0 Å². The van der Waals surface area contributed by atoms with Gasteiger partial charge in [-0.05, 0) is 18.4 Å². The normalized spacial score (nSPS) is 20.6. The Morgan fingerprint density at radius 1 is 1.33 bits per heavy atom. The van der Waals surface area contributed by atoms with Crippen LogP contribution in [0.2, 0.25) is 6.32 Å². The number of allylic oxidation sites excluding steroid dienone is 1. The van der Waals surface area contributed by atoms with E-state index in [-0.39, 0.29) is 6.10 Å². The Balaban J connectivity index is 1.83. The second-order valence-corrected chi connectivity index (χ2v) is 3.82. The summed E-state index contributed by atoms with van der Waals surface area (Å²) in [5, 5.41) is 9.30. The molecule has 0 aliphatic carbocycles. The van der Waals surface area contributed by atoms with Crippen LogP contribution < -0.4 is 0 Å². The van der Waals surface area contributed by atoms with Crippen LogP contribution in [0.5, 0.6) is 0 Å². The van der Waals surface area contributed by atoms with E-state index >= 15 is 0 Å². The fourth-order valence-corrected chi connectivity index (χ4v) is 1.77. The monoisotopic (exact) mass is 202 g/mol. The van der Waals surface area contributed by atoms with Crippen LogP contribution in [0.15, 0.2) is 42.5 Å². The highest BCUT2D eigenvalue weighted by atomic mass is 16.5. The Labute approximate surface area is 90.7 Å². The number of rotatable bonds is 3. The molecule has 1 atom stereocenters. The molecule has 0 bridgehead atoms. The average molecular weight is 202 g/mol. The lowest BCUT2D eigenvalue weighted by Gasteiger charge is -2.19. The van der Waals surface area contributed by atoms with E-state index in [0.29, 0.717) is 6.32 Å². The molecule has 1 aromatic carbocycles. The lowest BCUT2D eigenvalue weighted by atomic mass is 9.82. The van der Waals surface area contributed by atoms with Crippen molar-refractivity contribution in [2.24, 2.45) is 0 Å². The van der Waals surface area contributed by atoms with E-state index < -0.39 is 7.12 Å². The molecule has 0 aromatic heterocycles. The molecule has 0 amide bonds. The molecule has 2 rings (SSSR count). The SMILES string of the molecule is OB1CC=CC(CCc2ccccc2)O1. The maximum atomic E-state index is 9.30. The minimum atomic E-state index is -0.615. The quantitative estimate of drug-likeness (QED) is 0.600. The molecule has 3 heteroatoms. The molecule has 0 fully saturated rings. The Hall–Kier alpha value is -1.06. The van der Waals surface area contributed by atoms with Gasteiger partial charge in [0, 0.05) is 6.32 Å². The Morgan fingerprint density at radius 3 is 2.87 bits per heavy atom. The standard InChI is InChI=1S/C12H15BO2/c14-13-10-4-7-12(15-13)9-8-11-5-2-1-3-6-11/h1-7,12,14H,8-10H2. The largest absolute Gasteiger partial charge is 0.458 e. The number of hydrogen-bond donors (Lipinski definition) is 1. The van der Waals surface area contributed by atoms with Gasteiger partial charge in [-0.15, -0.1) is 0 Å². The predicted molar refractivity (Wildman–Crippen MR) is 61.6 cm³/mol. The van der Waals surface area contributed by atoms with Crippen LogP contribution >= 0.6 is 0 Å². The molecule has 78 valence electrons. The van der Waals surface area contributed by atoms with Crippen LogP contribution in [-0.2, 0) is 11.1 Å². The second kappa shape index (κ2) is 5.15. The highest BCUT2D eigenvalue weighted by Gasteiger charge is 2.20. The van der Waals surface area contributed by atoms with E-state index in [1.165, 1.54) is 5.56 Å². The smallest absolute Gasteiger partial charge is 0.427 e. The molecule has 1 heterocycles. The van der Waals surface area contributed by atoms with Gasteiger partial charge >= 0.3 is 7.12 Å². The molecule has 15 heavy (non-hydrogen) atoms. The lowest BCUT2D eigenvalue weighted by molar-refractivity contribution is 0.192. The van der Waals surface area contributed by atoms with Crippen molar-refractivity contribution < 1.29 is 9.68 Å². The van der Waals surface area contributed by atoms with E-state index in [2.05, 4.69) is 12.1 Å². The van der Waals surface area contributed by atoms with E-state index in [9.17, 15) is 5.02 Å². The van der Waals surface area contributed by atoms with Crippen molar-refractivity contribution in [3.05, 3.63) is 48.0 Å². The zero-order valence-corrected chi connectivity index (χ0v) is 8.67. The molecule has 1 aromatic rings. The van der Waals surface area contributed by atoms with Crippen molar-refractivity contribution in [1.82, 2.24) is 0 Å². The lowest BCUT2D eigenvalue weighted by Crippen LogP contribution is -2.27. The van der Waals surface area contributed by atoms with Gasteiger partial charge in [-0.1, -0.05) is 42.5 Å². The summed E-state index contributed by atoms with van der Waals surface area (Å²) in [6, 6.07) is 10.3. The third-order valence-corrected chi connectivity index (χ3v) is 2.58. The van der Waals surface area contributed by atoms with Crippen LogP contribution in [0.1, 0.15) is 12.0 Å². The number of benzene rings is 1. The molecule has 0 spiro atoms. The van der Waals surface area contributed by atoms with Gasteiger partial charge in [0.25, 0.3) is 0 Å². The van der Waals surface area contributed by atoms with E-state index in [4.69, 9.17) is 4.65 Å². The van der Waals surface area contributed by atoms with Gasteiger partial charge in [-0.25, -0.2) is 0 Å². The van der Waals surface area contributed by atoms with Crippen LogP contribution in [-0.4, -0.2) is 18.2 Å². The molecule has 1 aliphatic rings. The third kappa shape index (κ3) is 3.22. The van der Waals surface area contributed by atoms with Crippen molar-refractivity contribution in [1.29, 1.82) is 0 Å². The van der Waals surface area contributed by atoms with Gasteiger partial charge < -0.3 is 9.68 Å². The van der Waals surface area contributed by atoms with E-state index in [1.807, 2.05) is 30.4 Å². The first-order valence-corrected chi connectivity index (χ1v) is 5.39. The zero-order chi connectivity index (χ0) is 10.5. The van der Waals surface area contributed by atoms with Crippen molar-refractivity contribution in [2.45, 2.75) is 25.3 Å². The summed E-state index contributed by atoms with van der Waals surface area (Å²) < 4.78 is 5.38. The summed E-state index contributed by atoms with van der Waals surface area (Å²) in [7, 11) is -0.615. The van der Waals surface area contributed by atoms with E-state index in [1.54, 1.807) is 0 Å². The van der Waals surface area contributed by atoms with Crippen molar-refractivity contribution in [3.63, 3.8) is 0 Å². The van der Waals surface area contributed by atoms with Crippen molar-refractivity contribution in [2.75, 3.05) is 0 Å². The van der Waals surface area contributed by atoms with E-state index in [0.717, 1.165) is 12.8 Å². The molecular formula is C12H15BO2. The minimum Gasteiger partial charge on any atom is -0.427 e. The van der Waals surface area contributed by atoms with Crippen molar-refractivity contribution in [3.8, 4) is 0 Å². The molecule has 0 saturated carbocycles. The average Bonchev–Trinajstić information content (AvgIpc) is 2.28. The Bertz CT molecular complexity index is 324. The molecular weight excluding hydrogens is 187 g/mol. The highest BCUT2D eigenvalue weighted by Crippen LogP contribution is 2.14. The molecule has 1 unspecified atom stereocenters. The van der Waals surface area contributed by atoms with Gasteiger partial charge in [0.05, 0.1) is 6.10 Å². The van der Waals surface area contributed by atoms with Gasteiger partial charge in [0.1, 0.15) is 0 Å². The Morgan fingerprint density at radius 2 is 2.13 bits per heavy atom. The molecule has 2 nitrogen and oxygen atoms in total.